The van der Waals surface area contributed by atoms with Gasteiger partial charge in [0, 0.05) is 25.2 Å². The van der Waals surface area contributed by atoms with Crippen molar-refractivity contribution in [1.82, 2.24) is 36.4 Å². The molecule has 0 saturated carbocycles. The van der Waals surface area contributed by atoms with E-state index in [0.29, 0.717) is 32.3 Å². The first-order chi connectivity index (χ1) is 39.2. The Hall–Kier alpha value is -7.35. The molecule has 3 aliphatic rings. The third-order valence-electron chi connectivity index (χ3n) is 15.3. The molecule has 3 aliphatic heterocycles. The SMILES string of the molecule is CCCCCOc1ccc(-c2ccc(-c3ccc(C(=O)N[C@H]4CCC(OCCOCCN)NC(=O)C5C[C@@H](C)CN5C(=O)C(CC)NC(=O)C(CCc5ccc(O)cc5)NC(=O)C5CCCN5C(=O)C(CC)NC4=O)cc3)cc2)cc1. The van der Waals surface area contributed by atoms with Crippen molar-refractivity contribution in [2.24, 2.45) is 11.7 Å². The fourth-order valence-electron chi connectivity index (χ4n) is 10.6. The van der Waals surface area contributed by atoms with Gasteiger partial charge in [0.25, 0.3) is 5.91 Å². The van der Waals surface area contributed by atoms with Crippen LogP contribution in [0.15, 0.2) is 97.1 Å². The monoisotopic (exact) mass is 1110 g/mol. The number of amides is 7. The van der Waals surface area contributed by atoms with Crippen molar-refractivity contribution in [2.75, 3.05) is 46.1 Å². The van der Waals surface area contributed by atoms with Crippen molar-refractivity contribution >= 4 is 41.4 Å². The summed E-state index contributed by atoms with van der Waals surface area (Å²) in [7, 11) is 0. The second kappa shape index (κ2) is 30.5. The maximum Gasteiger partial charge on any atom is 0.251 e. The van der Waals surface area contributed by atoms with Crippen LogP contribution in [0.5, 0.6) is 11.5 Å². The molecule has 3 saturated heterocycles. The van der Waals surface area contributed by atoms with Gasteiger partial charge in [-0.1, -0.05) is 101 Å². The Kier molecular flexibility index (Phi) is 23.0. The molecule has 0 bridgehead atoms. The van der Waals surface area contributed by atoms with E-state index in [1.165, 1.54) is 21.9 Å². The molecule has 3 heterocycles. The molecule has 8 atom stereocenters. The standard InChI is InChI=1S/C62H82N8O11/c1-5-8-9-34-80-48-27-23-45(24-28-48)43-17-15-42(16-18-43)44-19-21-46(22-20-44)56(72)66-52-30-31-55(81-37-36-79-35-32-63)68-60(76)54-38-40(4)39-70(54)62(78)50(7-3)65-57(73)51(29-14-41-12-25-47(71)26-13-41)67-59(75)53-11-10-33-69(53)61(77)49(6-2)64-58(52)74/h12-13,15-28,40,49-55,71H,5-11,14,29-39,63H2,1-4H3,(H,64,74)(H,65,73)(H,66,72)(H,67,75)(H,68,76)/t40-,49?,50?,51?,52+,53?,54?,55?/m1/s1. The maximum atomic E-state index is 14.6. The number of rotatable bonds is 20. The summed E-state index contributed by atoms with van der Waals surface area (Å²) in [5, 5.41) is 24.4. The third-order valence-corrected chi connectivity index (χ3v) is 15.3. The van der Waals surface area contributed by atoms with Crippen molar-refractivity contribution in [2.45, 2.75) is 147 Å². The van der Waals surface area contributed by atoms with E-state index in [4.69, 9.17) is 19.9 Å². The van der Waals surface area contributed by atoms with E-state index < -0.39 is 83.8 Å². The number of carbonyl (C=O) groups is 7. The predicted molar refractivity (Wildman–Crippen MR) is 307 cm³/mol. The van der Waals surface area contributed by atoms with Crippen molar-refractivity contribution in [1.29, 1.82) is 0 Å². The van der Waals surface area contributed by atoms with Crippen LogP contribution in [-0.2, 0) is 44.7 Å². The number of aryl methyl sites for hydroxylation is 1. The van der Waals surface area contributed by atoms with Gasteiger partial charge < -0.3 is 61.4 Å². The van der Waals surface area contributed by atoms with Crippen LogP contribution in [0.25, 0.3) is 22.3 Å². The number of nitrogens with zero attached hydrogens (tertiary/aromatic N) is 2. The van der Waals surface area contributed by atoms with Crippen molar-refractivity contribution in [3.8, 4) is 33.8 Å². The third kappa shape index (κ3) is 17.1. The molecular weight excluding hydrogens is 1030 g/mol. The van der Waals surface area contributed by atoms with Crippen LogP contribution in [-0.4, -0.2) is 145 Å². The van der Waals surface area contributed by atoms with Crippen molar-refractivity contribution in [3.63, 3.8) is 0 Å². The molecule has 0 aliphatic carbocycles. The Labute approximate surface area is 475 Å². The van der Waals surface area contributed by atoms with Gasteiger partial charge in [0.15, 0.2) is 0 Å². The average molecular weight is 1120 g/mol. The second-order valence-electron chi connectivity index (χ2n) is 21.3. The van der Waals surface area contributed by atoms with Crippen LogP contribution in [0.3, 0.4) is 0 Å². The molecule has 19 heteroatoms. The highest BCUT2D eigenvalue weighted by Crippen LogP contribution is 2.29. The lowest BCUT2D eigenvalue weighted by atomic mass is 9.99. The molecule has 0 aromatic heterocycles. The van der Waals surface area contributed by atoms with Crippen LogP contribution in [0, 0.1) is 5.92 Å². The summed E-state index contributed by atoms with van der Waals surface area (Å²) in [6.45, 7) is 9.44. The molecular formula is C62H82N8O11. The van der Waals surface area contributed by atoms with Crippen molar-refractivity contribution < 1.29 is 52.9 Å². The molecule has 436 valence electrons. The van der Waals surface area contributed by atoms with Gasteiger partial charge in [-0.25, -0.2) is 0 Å². The number of phenolic OH excluding ortho intramolecular Hbond substituents is 1. The summed E-state index contributed by atoms with van der Waals surface area (Å²) in [5.41, 5.74) is 10.6. The predicted octanol–water partition coefficient (Wildman–Crippen LogP) is 5.76. The van der Waals surface area contributed by atoms with Gasteiger partial charge in [-0.15, -0.1) is 0 Å². The largest absolute Gasteiger partial charge is 0.508 e. The number of ether oxygens (including phenoxy) is 3. The number of hydrogen-bond acceptors (Lipinski definition) is 12. The molecule has 8 N–H and O–H groups in total. The number of carbonyl (C=O) groups excluding carboxylic acids is 7. The minimum atomic E-state index is -1.25. The fraction of sp³-hybridized carbons (Fsp3) is 0.500. The Morgan fingerprint density at radius 2 is 1.23 bits per heavy atom. The highest BCUT2D eigenvalue weighted by atomic mass is 16.5. The minimum Gasteiger partial charge on any atom is -0.508 e. The first kappa shape index (κ1) is 61.3. The number of nitrogens with one attached hydrogen (secondary N) is 5. The number of phenols is 1. The highest BCUT2D eigenvalue weighted by molar-refractivity contribution is 6.00. The van der Waals surface area contributed by atoms with Crippen LogP contribution >= 0.6 is 0 Å². The zero-order valence-corrected chi connectivity index (χ0v) is 47.3. The molecule has 19 nitrogen and oxygen atoms in total. The van der Waals surface area contributed by atoms with E-state index in [1.807, 2.05) is 67.6 Å². The van der Waals surface area contributed by atoms with Gasteiger partial charge >= 0.3 is 0 Å². The first-order valence-corrected chi connectivity index (χ1v) is 28.9. The quantitative estimate of drug-likeness (QED) is 0.0522. The van der Waals surface area contributed by atoms with Crippen LogP contribution < -0.4 is 37.1 Å². The summed E-state index contributed by atoms with van der Waals surface area (Å²) < 4.78 is 17.7. The molecule has 4 aromatic carbocycles. The van der Waals surface area contributed by atoms with Crippen LogP contribution in [0.4, 0.5) is 0 Å². The van der Waals surface area contributed by atoms with E-state index in [2.05, 4.69) is 33.5 Å². The number of aromatic hydroxyl groups is 1. The molecule has 0 radical (unpaired) electrons. The average Bonchev–Trinajstić information content (AvgIpc) is 4.33. The zero-order chi connectivity index (χ0) is 57.8. The molecule has 6 unspecified atom stereocenters. The normalized spacial score (nSPS) is 23.3. The lowest BCUT2D eigenvalue weighted by molar-refractivity contribution is -0.144. The number of nitrogens with two attached hydrogens (primary N) is 1. The number of hydrogen-bond donors (Lipinski definition) is 7. The Balaban J connectivity index is 1.14. The molecule has 4 aromatic rings. The summed E-state index contributed by atoms with van der Waals surface area (Å²) in [5.74, 6) is -3.08. The maximum absolute atomic E-state index is 14.6. The summed E-state index contributed by atoms with van der Waals surface area (Å²) in [6, 6.07) is 23.2. The van der Waals surface area contributed by atoms with E-state index >= 15 is 0 Å². The number of unbranched alkanes of at least 4 members (excludes halogenated alkanes) is 2. The van der Waals surface area contributed by atoms with E-state index in [0.717, 1.165) is 52.8 Å². The summed E-state index contributed by atoms with van der Waals surface area (Å²) in [4.78, 5) is 104. The van der Waals surface area contributed by atoms with Gasteiger partial charge in [0.1, 0.15) is 54.0 Å². The van der Waals surface area contributed by atoms with Gasteiger partial charge in [-0.2, -0.15) is 0 Å². The first-order valence-electron chi connectivity index (χ1n) is 28.9. The zero-order valence-electron chi connectivity index (χ0n) is 47.3. The van der Waals surface area contributed by atoms with Crippen LogP contribution in [0.1, 0.15) is 114 Å². The Bertz CT molecular complexity index is 2730. The lowest BCUT2D eigenvalue weighted by Crippen LogP contribution is -2.59. The summed E-state index contributed by atoms with van der Waals surface area (Å²) in [6.07, 6.45) is 4.04. The highest BCUT2D eigenvalue weighted by Gasteiger charge is 2.43. The van der Waals surface area contributed by atoms with Gasteiger partial charge in [-0.3, -0.25) is 33.6 Å². The number of benzene rings is 4. The summed E-state index contributed by atoms with van der Waals surface area (Å²) >= 11 is 0. The van der Waals surface area contributed by atoms with Gasteiger partial charge in [-0.05, 0) is 134 Å². The fourth-order valence-corrected chi connectivity index (χ4v) is 10.6. The van der Waals surface area contributed by atoms with Crippen LogP contribution in [0.2, 0.25) is 0 Å². The molecule has 7 amide bonds. The van der Waals surface area contributed by atoms with Crippen molar-refractivity contribution in [3.05, 3.63) is 108 Å². The Morgan fingerprint density at radius 3 is 1.86 bits per heavy atom. The second-order valence-corrected chi connectivity index (χ2v) is 21.3. The Morgan fingerprint density at radius 1 is 0.642 bits per heavy atom. The molecule has 81 heavy (non-hydrogen) atoms. The lowest BCUT2D eigenvalue weighted by Gasteiger charge is -2.31. The molecule has 7 rings (SSSR count). The molecule has 0 spiro atoms. The number of fused-ring (bicyclic) bond motifs is 2. The topological polar surface area (TPSA) is 260 Å². The smallest absolute Gasteiger partial charge is 0.251 e. The van der Waals surface area contributed by atoms with Gasteiger partial charge in [0.05, 0.1) is 26.4 Å². The molecule has 3 fully saturated rings. The van der Waals surface area contributed by atoms with E-state index in [1.54, 1.807) is 38.1 Å². The van der Waals surface area contributed by atoms with E-state index in [-0.39, 0.29) is 88.8 Å². The van der Waals surface area contributed by atoms with E-state index in [9.17, 15) is 38.7 Å². The minimum absolute atomic E-state index is 0.00139. The van der Waals surface area contributed by atoms with Gasteiger partial charge in [0.2, 0.25) is 35.4 Å².